The number of benzene rings is 3. The van der Waals surface area contributed by atoms with Gasteiger partial charge in [0.1, 0.15) is 18.4 Å². The molecule has 7 nitrogen and oxygen atoms in total. The van der Waals surface area contributed by atoms with E-state index in [0.29, 0.717) is 13.0 Å². The predicted octanol–water partition coefficient (Wildman–Crippen LogP) is 4.97. The second-order valence-corrected chi connectivity index (χ2v) is 11.4. The van der Waals surface area contributed by atoms with Crippen LogP contribution < -0.4 is 9.62 Å². The van der Waals surface area contributed by atoms with Crippen LogP contribution >= 0.6 is 0 Å². The van der Waals surface area contributed by atoms with Crippen LogP contribution in [0, 0.1) is 19.7 Å². The minimum absolute atomic E-state index is 0.134. The molecule has 3 aromatic carbocycles. The lowest BCUT2D eigenvalue weighted by atomic mass is 10.1. The third kappa shape index (κ3) is 7.66. The van der Waals surface area contributed by atoms with Crippen molar-refractivity contribution in [3.63, 3.8) is 0 Å². The van der Waals surface area contributed by atoms with Crippen molar-refractivity contribution in [2.75, 3.05) is 17.4 Å². The van der Waals surface area contributed by atoms with Gasteiger partial charge in [-0.3, -0.25) is 13.9 Å². The molecule has 1 atom stereocenters. The predicted molar refractivity (Wildman–Crippen MR) is 151 cm³/mol. The Morgan fingerprint density at radius 1 is 0.872 bits per heavy atom. The molecule has 2 amide bonds. The number of carbonyl (C=O) groups is 2. The van der Waals surface area contributed by atoms with Gasteiger partial charge < -0.3 is 10.2 Å². The summed E-state index contributed by atoms with van der Waals surface area (Å²) >= 11 is 0. The molecule has 1 N–H and O–H groups in total. The highest BCUT2D eigenvalue weighted by atomic mass is 32.2. The molecule has 0 unspecified atom stereocenters. The van der Waals surface area contributed by atoms with Crippen LogP contribution in [0.3, 0.4) is 0 Å². The SMILES string of the molecule is CCCNC(=O)[C@H](CC)N(Cc1ccc(C)cc1)C(=O)CN(c1ccc(C)cc1)S(=O)(=O)c1ccc(F)cc1. The summed E-state index contributed by atoms with van der Waals surface area (Å²) in [6.45, 7) is 7.66. The topological polar surface area (TPSA) is 86.8 Å². The van der Waals surface area contributed by atoms with Crippen LogP contribution in [0.1, 0.15) is 43.4 Å². The molecule has 0 aromatic heterocycles. The first-order valence-corrected chi connectivity index (χ1v) is 14.5. The molecule has 0 radical (unpaired) electrons. The van der Waals surface area contributed by atoms with Crippen molar-refractivity contribution in [3.8, 4) is 0 Å². The molecule has 0 saturated carbocycles. The van der Waals surface area contributed by atoms with Gasteiger partial charge in [0.15, 0.2) is 0 Å². The highest BCUT2D eigenvalue weighted by Gasteiger charge is 2.33. The molecule has 9 heteroatoms. The normalized spacial score (nSPS) is 12.0. The molecule has 0 aliphatic carbocycles. The average molecular weight is 554 g/mol. The smallest absolute Gasteiger partial charge is 0.264 e. The number of amides is 2. The van der Waals surface area contributed by atoms with Gasteiger partial charge in [0.2, 0.25) is 11.8 Å². The third-order valence-corrected chi connectivity index (χ3v) is 8.20. The summed E-state index contributed by atoms with van der Waals surface area (Å²) in [4.78, 5) is 28.3. The van der Waals surface area contributed by atoms with Crippen molar-refractivity contribution in [3.05, 3.63) is 95.3 Å². The number of halogens is 1. The van der Waals surface area contributed by atoms with E-state index >= 15 is 0 Å². The van der Waals surface area contributed by atoms with Crippen molar-refractivity contribution in [1.82, 2.24) is 10.2 Å². The molecule has 0 saturated heterocycles. The molecule has 39 heavy (non-hydrogen) atoms. The summed E-state index contributed by atoms with van der Waals surface area (Å²) in [5.74, 6) is -1.39. The van der Waals surface area contributed by atoms with Crippen LogP contribution in [0.25, 0.3) is 0 Å². The number of nitrogens with zero attached hydrogens (tertiary/aromatic N) is 2. The maximum absolute atomic E-state index is 14.0. The summed E-state index contributed by atoms with van der Waals surface area (Å²) in [6.07, 6.45) is 1.09. The van der Waals surface area contributed by atoms with Gasteiger partial charge in [-0.05, 0) is 68.7 Å². The van der Waals surface area contributed by atoms with Crippen molar-refractivity contribution < 1.29 is 22.4 Å². The summed E-state index contributed by atoms with van der Waals surface area (Å²) in [5, 5.41) is 2.87. The number of nitrogens with one attached hydrogen (secondary N) is 1. The number of anilines is 1. The Labute approximate surface area is 230 Å². The second-order valence-electron chi connectivity index (χ2n) is 9.52. The van der Waals surface area contributed by atoms with Gasteiger partial charge in [-0.25, -0.2) is 12.8 Å². The number of aryl methyl sites for hydroxylation is 2. The van der Waals surface area contributed by atoms with Crippen molar-refractivity contribution in [1.29, 1.82) is 0 Å². The molecule has 208 valence electrons. The standard InChI is InChI=1S/C30H36FN3O4S/c1-5-19-32-30(36)28(6-2)33(20-24-11-7-22(3)8-12-24)29(35)21-34(26-15-9-23(4)10-16-26)39(37,38)27-17-13-25(31)14-18-27/h7-18,28H,5-6,19-21H2,1-4H3,(H,32,36)/t28-/m0/s1. The molecular formula is C30H36FN3O4S. The van der Waals surface area contributed by atoms with Crippen LogP contribution in [0.4, 0.5) is 10.1 Å². The maximum Gasteiger partial charge on any atom is 0.264 e. The van der Waals surface area contributed by atoms with E-state index in [1.54, 1.807) is 24.3 Å². The summed E-state index contributed by atoms with van der Waals surface area (Å²) in [5.41, 5.74) is 3.08. The first kappa shape index (κ1) is 29.8. The molecule has 0 bridgehead atoms. The molecule has 3 rings (SSSR count). The molecular weight excluding hydrogens is 517 g/mol. The van der Waals surface area contributed by atoms with Gasteiger partial charge >= 0.3 is 0 Å². The fourth-order valence-corrected chi connectivity index (χ4v) is 5.56. The minimum atomic E-state index is -4.24. The Hall–Kier alpha value is -3.72. The summed E-state index contributed by atoms with van der Waals surface area (Å²) < 4.78 is 42.1. The Bertz CT molecular complexity index is 1360. The number of sulfonamides is 1. The van der Waals surface area contributed by atoms with Crippen molar-refractivity contribution in [2.45, 2.75) is 58.0 Å². The zero-order valence-corrected chi connectivity index (χ0v) is 23.7. The lowest BCUT2D eigenvalue weighted by Gasteiger charge is -2.33. The molecule has 0 aliphatic rings. The van der Waals surface area contributed by atoms with Gasteiger partial charge in [-0.1, -0.05) is 61.4 Å². The maximum atomic E-state index is 14.0. The van der Waals surface area contributed by atoms with Gasteiger partial charge in [-0.15, -0.1) is 0 Å². The van der Waals surface area contributed by atoms with Crippen molar-refractivity contribution in [2.24, 2.45) is 0 Å². The van der Waals surface area contributed by atoms with E-state index in [0.717, 1.165) is 39.5 Å². The van der Waals surface area contributed by atoms with Crippen molar-refractivity contribution >= 4 is 27.5 Å². The lowest BCUT2D eigenvalue weighted by Crippen LogP contribution is -2.52. The molecule has 3 aromatic rings. The average Bonchev–Trinajstić information content (AvgIpc) is 2.92. The van der Waals surface area contributed by atoms with Crippen LogP contribution in [-0.4, -0.2) is 44.3 Å². The Balaban J connectivity index is 2.03. The van der Waals surface area contributed by atoms with E-state index in [9.17, 15) is 22.4 Å². The van der Waals surface area contributed by atoms with Gasteiger partial charge in [-0.2, -0.15) is 0 Å². The van der Waals surface area contributed by atoms with E-state index < -0.39 is 34.3 Å². The van der Waals surface area contributed by atoms with E-state index in [1.807, 2.05) is 52.0 Å². The fraction of sp³-hybridized carbons (Fsp3) is 0.333. The number of carbonyl (C=O) groups excluding carboxylic acids is 2. The quantitative estimate of drug-likeness (QED) is 0.343. The van der Waals surface area contributed by atoms with E-state index in [4.69, 9.17) is 0 Å². The molecule has 0 fully saturated rings. The van der Waals surface area contributed by atoms with E-state index in [-0.39, 0.29) is 23.0 Å². The second kappa shape index (κ2) is 13.4. The molecule has 0 heterocycles. The summed E-state index contributed by atoms with van der Waals surface area (Å²) in [6, 6.07) is 18.1. The Kier molecular flexibility index (Phi) is 10.2. The van der Waals surface area contributed by atoms with E-state index in [2.05, 4.69) is 5.32 Å². The molecule has 0 spiro atoms. The van der Waals surface area contributed by atoms with Crippen LogP contribution in [0.5, 0.6) is 0 Å². The van der Waals surface area contributed by atoms with Gasteiger partial charge in [0, 0.05) is 13.1 Å². The highest BCUT2D eigenvalue weighted by molar-refractivity contribution is 7.92. The lowest BCUT2D eigenvalue weighted by molar-refractivity contribution is -0.140. The van der Waals surface area contributed by atoms with E-state index in [1.165, 1.54) is 17.0 Å². The Morgan fingerprint density at radius 2 is 1.44 bits per heavy atom. The third-order valence-electron chi connectivity index (χ3n) is 6.41. The number of hydrogen-bond acceptors (Lipinski definition) is 4. The first-order chi connectivity index (χ1) is 18.6. The number of rotatable bonds is 12. The number of hydrogen-bond donors (Lipinski definition) is 1. The van der Waals surface area contributed by atoms with Crippen LogP contribution in [-0.2, 0) is 26.2 Å². The summed E-state index contributed by atoms with van der Waals surface area (Å²) in [7, 11) is -4.24. The van der Waals surface area contributed by atoms with Crippen LogP contribution in [0.2, 0.25) is 0 Å². The van der Waals surface area contributed by atoms with Crippen LogP contribution in [0.15, 0.2) is 77.7 Å². The van der Waals surface area contributed by atoms with Gasteiger partial charge in [0.25, 0.3) is 10.0 Å². The Morgan fingerprint density at radius 3 is 1.97 bits per heavy atom. The monoisotopic (exact) mass is 553 g/mol. The minimum Gasteiger partial charge on any atom is -0.354 e. The fourth-order valence-electron chi connectivity index (χ4n) is 4.15. The largest absolute Gasteiger partial charge is 0.354 e. The zero-order valence-electron chi connectivity index (χ0n) is 22.9. The first-order valence-electron chi connectivity index (χ1n) is 13.0. The van der Waals surface area contributed by atoms with Gasteiger partial charge in [0.05, 0.1) is 10.6 Å². The highest BCUT2D eigenvalue weighted by Crippen LogP contribution is 2.25. The zero-order chi connectivity index (χ0) is 28.6. The molecule has 0 aliphatic heterocycles.